The van der Waals surface area contributed by atoms with E-state index in [4.69, 9.17) is 0 Å². The molecule has 1 heterocycles. The summed E-state index contributed by atoms with van der Waals surface area (Å²) in [7, 11) is 2.20. The molecule has 0 aromatic carbocycles. The molecule has 1 saturated heterocycles. The van der Waals surface area contributed by atoms with Crippen LogP contribution in [0.1, 0.15) is 33.1 Å². The van der Waals surface area contributed by atoms with Gasteiger partial charge in [-0.3, -0.25) is 9.80 Å². The lowest BCUT2D eigenvalue weighted by molar-refractivity contribution is -0.0130. The fourth-order valence-corrected chi connectivity index (χ4v) is 2.91. The first kappa shape index (κ1) is 11.4. The van der Waals surface area contributed by atoms with Gasteiger partial charge in [-0.25, -0.2) is 0 Å². The van der Waals surface area contributed by atoms with Gasteiger partial charge in [-0.1, -0.05) is 0 Å². The smallest absolute Gasteiger partial charge is 0.0695 e. The van der Waals surface area contributed by atoms with E-state index in [0.29, 0.717) is 6.04 Å². The summed E-state index contributed by atoms with van der Waals surface area (Å²) in [6, 6.07) is 0.429. The molecule has 0 spiro atoms. The molecule has 2 fully saturated rings. The zero-order chi connectivity index (χ0) is 11.1. The van der Waals surface area contributed by atoms with Crippen LogP contribution in [-0.4, -0.2) is 59.3 Å². The Morgan fingerprint density at radius 3 is 2.47 bits per heavy atom. The van der Waals surface area contributed by atoms with E-state index in [1.165, 1.54) is 12.8 Å². The minimum Gasteiger partial charge on any atom is -0.391 e. The van der Waals surface area contributed by atoms with Crippen molar-refractivity contribution >= 4 is 0 Å². The Hall–Kier alpha value is -0.120. The molecular formula is C12H24N2O. The van der Waals surface area contributed by atoms with Crippen LogP contribution in [0.5, 0.6) is 0 Å². The number of nitrogens with zero attached hydrogens (tertiary/aromatic N) is 2. The zero-order valence-corrected chi connectivity index (χ0v) is 10.2. The first-order valence-corrected chi connectivity index (χ1v) is 6.14. The van der Waals surface area contributed by atoms with Gasteiger partial charge in [0.1, 0.15) is 0 Å². The third kappa shape index (κ3) is 2.19. The molecular weight excluding hydrogens is 188 g/mol. The number of likely N-dealkylation sites (N-methyl/N-ethyl adjacent to an activating group) is 1. The normalized spacial score (nSPS) is 38.4. The molecule has 0 aromatic rings. The summed E-state index contributed by atoms with van der Waals surface area (Å²) in [5, 5.41) is 9.92. The number of hydrogen-bond donors (Lipinski definition) is 1. The highest BCUT2D eigenvalue weighted by Gasteiger charge is 2.38. The minimum absolute atomic E-state index is 0.0794. The van der Waals surface area contributed by atoms with E-state index in [1.807, 2.05) is 0 Å². The van der Waals surface area contributed by atoms with Gasteiger partial charge in [0.2, 0.25) is 0 Å². The van der Waals surface area contributed by atoms with Gasteiger partial charge in [-0.15, -0.1) is 0 Å². The van der Waals surface area contributed by atoms with Gasteiger partial charge in [0.25, 0.3) is 0 Å². The summed E-state index contributed by atoms with van der Waals surface area (Å²) < 4.78 is 0. The number of aliphatic hydroxyl groups is 1. The fraction of sp³-hybridized carbons (Fsp3) is 1.00. The summed E-state index contributed by atoms with van der Waals surface area (Å²) in [5.41, 5.74) is 0.251. The molecule has 88 valence electrons. The molecule has 3 nitrogen and oxygen atoms in total. The van der Waals surface area contributed by atoms with Crippen molar-refractivity contribution in [2.45, 2.75) is 50.8 Å². The Bertz CT molecular complexity index is 230. The van der Waals surface area contributed by atoms with Crippen molar-refractivity contribution in [1.82, 2.24) is 9.80 Å². The van der Waals surface area contributed by atoms with Crippen LogP contribution >= 0.6 is 0 Å². The molecule has 0 bridgehead atoms. The number of piperazine rings is 1. The second kappa shape index (κ2) is 4.04. The lowest BCUT2D eigenvalue weighted by Crippen LogP contribution is -2.60. The molecule has 1 aliphatic heterocycles. The SMILES string of the molecule is CN1CCN(C2CCCC2O)CC1(C)C. The van der Waals surface area contributed by atoms with Crippen molar-refractivity contribution in [3.8, 4) is 0 Å². The van der Waals surface area contributed by atoms with Crippen LogP contribution in [0.2, 0.25) is 0 Å². The van der Waals surface area contributed by atoms with Crippen LogP contribution in [0, 0.1) is 0 Å². The molecule has 1 N–H and O–H groups in total. The molecule has 2 atom stereocenters. The van der Waals surface area contributed by atoms with Gasteiger partial charge in [-0.05, 0) is 40.2 Å². The second-order valence-electron chi connectivity index (χ2n) is 5.77. The highest BCUT2D eigenvalue weighted by atomic mass is 16.3. The molecule has 2 unspecified atom stereocenters. The van der Waals surface area contributed by atoms with Crippen molar-refractivity contribution in [3.05, 3.63) is 0 Å². The van der Waals surface area contributed by atoms with E-state index < -0.39 is 0 Å². The summed E-state index contributed by atoms with van der Waals surface area (Å²) in [6.07, 6.45) is 3.29. The van der Waals surface area contributed by atoms with Crippen molar-refractivity contribution in [1.29, 1.82) is 0 Å². The minimum atomic E-state index is -0.0794. The fourth-order valence-electron chi connectivity index (χ4n) is 2.91. The number of hydrogen-bond acceptors (Lipinski definition) is 3. The molecule has 0 aromatic heterocycles. The van der Waals surface area contributed by atoms with E-state index in [2.05, 4.69) is 30.7 Å². The second-order valence-corrected chi connectivity index (χ2v) is 5.77. The standard InChI is InChI=1S/C12H24N2O/c1-12(2)9-14(8-7-13(12)3)10-5-4-6-11(10)15/h10-11,15H,4-9H2,1-3H3. The maximum Gasteiger partial charge on any atom is 0.0695 e. The Kier molecular flexibility index (Phi) is 3.06. The maximum absolute atomic E-state index is 9.92. The molecule has 1 aliphatic carbocycles. The summed E-state index contributed by atoms with van der Waals surface area (Å²) in [5.74, 6) is 0. The molecule has 3 heteroatoms. The van der Waals surface area contributed by atoms with E-state index in [0.717, 1.165) is 26.1 Å². The zero-order valence-electron chi connectivity index (χ0n) is 10.2. The first-order valence-electron chi connectivity index (χ1n) is 6.14. The van der Waals surface area contributed by atoms with Crippen LogP contribution in [0.4, 0.5) is 0 Å². The Morgan fingerprint density at radius 2 is 1.93 bits per heavy atom. The quantitative estimate of drug-likeness (QED) is 0.700. The largest absolute Gasteiger partial charge is 0.391 e. The summed E-state index contributed by atoms with van der Waals surface area (Å²) in [4.78, 5) is 4.92. The van der Waals surface area contributed by atoms with E-state index in [1.54, 1.807) is 0 Å². The van der Waals surface area contributed by atoms with Crippen LogP contribution in [-0.2, 0) is 0 Å². The van der Waals surface area contributed by atoms with Crippen molar-refractivity contribution in [3.63, 3.8) is 0 Å². The van der Waals surface area contributed by atoms with Gasteiger partial charge in [0.05, 0.1) is 6.10 Å². The van der Waals surface area contributed by atoms with Crippen LogP contribution < -0.4 is 0 Å². The monoisotopic (exact) mass is 212 g/mol. The molecule has 1 saturated carbocycles. The van der Waals surface area contributed by atoms with Crippen LogP contribution in [0.3, 0.4) is 0 Å². The highest BCUT2D eigenvalue weighted by molar-refractivity contribution is 4.94. The maximum atomic E-state index is 9.92. The van der Waals surface area contributed by atoms with Gasteiger partial charge in [-0.2, -0.15) is 0 Å². The van der Waals surface area contributed by atoms with E-state index in [-0.39, 0.29) is 11.6 Å². The molecule has 2 aliphatic rings. The van der Waals surface area contributed by atoms with Gasteiger partial charge in [0.15, 0.2) is 0 Å². The summed E-state index contributed by atoms with van der Waals surface area (Å²) in [6.45, 7) is 7.91. The van der Waals surface area contributed by atoms with E-state index in [9.17, 15) is 5.11 Å². The van der Waals surface area contributed by atoms with Crippen molar-refractivity contribution in [2.75, 3.05) is 26.7 Å². The lowest BCUT2D eigenvalue weighted by atomic mass is 9.97. The van der Waals surface area contributed by atoms with Crippen molar-refractivity contribution < 1.29 is 5.11 Å². The molecule has 15 heavy (non-hydrogen) atoms. The highest BCUT2D eigenvalue weighted by Crippen LogP contribution is 2.28. The molecule has 0 radical (unpaired) electrons. The van der Waals surface area contributed by atoms with Crippen molar-refractivity contribution in [2.24, 2.45) is 0 Å². The van der Waals surface area contributed by atoms with Gasteiger partial charge < -0.3 is 5.11 Å². The van der Waals surface area contributed by atoms with Crippen LogP contribution in [0.15, 0.2) is 0 Å². The van der Waals surface area contributed by atoms with E-state index >= 15 is 0 Å². The predicted molar refractivity (Wildman–Crippen MR) is 61.9 cm³/mol. The Morgan fingerprint density at radius 1 is 1.20 bits per heavy atom. The lowest BCUT2D eigenvalue weighted by Gasteiger charge is -2.48. The Balaban J connectivity index is 2.00. The Labute approximate surface area is 93.1 Å². The van der Waals surface area contributed by atoms with Gasteiger partial charge in [0, 0.05) is 31.2 Å². The first-order chi connectivity index (χ1) is 7.00. The molecule has 0 amide bonds. The molecule has 2 rings (SSSR count). The number of rotatable bonds is 1. The topological polar surface area (TPSA) is 26.7 Å². The van der Waals surface area contributed by atoms with Gasteiger partial charge >= 0.3 is 0 Å². The average Bonchev–Trinajstić information content (AvgIpc) is 2.56. The third-order valence-corrected chi connectivity index (χ3v) is 4.26. The number of aliphatic hydroxyl groups excluding tert-OH is 1. The third-order valence-electron chi connectivity index (χ3n) is 4.26. The average molecular weight is 212 g/mol. The summed E-state index contributed by atoms with van der Waals surface area (Å²) >= 11 is 0. The van der Waals surface area contributed by atoms with Crippen LogP contribution in [0.25, 0.3) is 0 Å². The predicted octanol–water partition coefficient (Wildman–Crippen LogP) is 0.926.